The van der Waals surface area contributed by atoms with Gasteiger partial charge in [0.05, 0.1) is 6.61 Å². The van der Waals surface area contributed by atoms with E-state index >= 15 is 0 Å². The minimum atomic E-state index is -0.525. The molecule has 21 heavy (non-hydrogen) atoms. The molecular weight excluding hydrogens is 280 g/mol. The van der Waals surface area contributed by atoms with E-state index < -0.39 is 4.75 Å². The van der Waals surface area contributed by atoms with Crippen molar-refractivity contribution in [2.75, 3.05) is 12.9 Å². The fraction of sp³-hybridized carbons (Fsp3) is 0.278. The van der Waals surface area contributed by atoms with E-state index in [4.69, 9.17) is 4.74 Å². The van der Waals surface area contributed by atoms with Crippen LogP contribution in [0, 0.1) is 0 Å². The summed E-state index contributed by atoms with van der Waals surface area (Å²) >= 11 is 1.61. The maximum absolute atomic E-state index is 12.5. The van der Waals surface area contributed by atoms with E-state index in [-0.39, 0.29) is 11.9 Å². The van der Waals surface area contributed by atoms with Crippen molar-refractivity contribution >= 4 is 17.7 Å². The van der Waals surface area contributed by atoms with Gasteiger partial charge in [-0.1, -0.05) is 60.7 Å². The SMILES string of the molecule is CSC1(C(c2ccccc2)c2ccccc2)CCOC1=O. The molecule has 1 fully saturated rings. The zero-order valence-electron chi connectivity index (χ0n) is 12.0. The Balaban J connectivity index is 2.15. The Kier molecular flexibility index (Phi) is 4.02. The Bertz CT molecular complexity index is 572. The normalized spacial score (nSPS) is 21.5. The molecule has 1 aliphatic heterocycles. The Labute approximate surface area is 129 Å². The fourth-order valence-corrected chi connectivity index (χ4v) is 4.13. The lowest BCUT2D eigenvalue weighted by Crippen LogP contribution is -2.38. The zero-order chi connectivity index (χ0) is 14.7. The van der Waals surface area contributed by atoms with Crippen molar-refractivity contribution < 1.29 is 9.53 Å². The van der Waals surface area contributed by atoms with Crippen LogP contribution in [0.3, 0.4) is 0 Å². The summed E-state index contributed by atoms with van der Waals surface area (Å²) < 4.78 is 4.80. The lowest BCUT2D eigenvalue weighted by Gasteiger charge is -2.33. The van der Waals surface area contributed by atoms with Gasteiger partial charge in [0.25, 0.3) is 0 Å². The van der Waals surface area contributed by atoms with Crippen LogP contribution in [0.25, 0.3) is 0 Å². The molecular formula is C18H18O2S. The summed E-state index contributed by atoms with van der Waals surface area (Å²) in [4.78, 5) is 12.5. The highest BCUT2D eigenvalue weighted by atomic mass is 32.2. The molecule has 0 bridgehead atoms. The summed E-state index contributed by atoms with van der Waals surface area (Å²) in [6, 6.07) is 20.5. The number of cyclic esters (lactones) is 1. The van der Waals surface area contributed by atoms with Crippen molar-refractivity contribution in [1.82, 2.24) is 0 Å². The Morgan fingerprint density at radius 3 is 1.90 bits per heavy atom. The topological polar surface area (TPSA) is 26.3 Å². The van der Waals surface area contributed by atoms with Gasteiger partial charge in [-0.25, -0.2) is 0 Å². The quantitative estimate of drug-likeness (QED) is 0.802. The Hall–Kier alpha value is -1.74. The number of carbonyl (C=O) groups is 1. The molecule has 0 saturated carbocycles. The number of thioether (sulfide) groups is 1. The molecule has 1 atom stereocenters. The van der Waals surface area contributed by atoms with E-state index in [1.54, 1.807) is 11.8 Å². The van der Waals surface area contributed by atoms with Gasteiger partial charge in [-0.3, -0.25) is 4.79 Å². The molecule has 2 aromatic carbocycles. The third-order valence-electron chi connectivity index (χ3n) is 4.15. The van der Waals surface area contributed by atoms with Gasteiger partial charge in [-0.2, -0.15) is 0 Å². The highest BCUT2D eigenvalue weighted by molar-refractivity contribution is 8.00. The van der Waals surface area contributed by atoms with Gasteiger partial charge in [-0.05, 0) is 17.4 Å². The van der Waals surface area contributed by atoms with E-state index in [2.05, 4.69) is 24.3 Å². The maximum atomic E-state index is 12.5. The molecule has 0 radical (unpaired) electrons. The van der Waals surface area contributed by atoms with E-state index in [9.17, 15) is 4.79 Å². The predicted molar refractivity (Wildman–Crippen MR) is 86.5 cm³/mol. The summed E-state index contributed by atoms with van der Waals surface area (Å²) in [7, 11) is 0. The number of hydrogen-bond donors (Lipinski definition) is 0. The van der Waals surface area contributed by atoms with Crippen molar-refractivity contribution in [3.63, 3.8) is 0 Å². The summed E-state index contributed by atoms with van der Waals surface area (Å²) in [5, 5.41) is 0. The lowest BCUT2D eigenvalue weighted by molar-refractivity contribution is -0.140. The summed E-state index contributed by atoms with van der Waals surface area (Å²) in [6.45, 7) is 0.510. The monoisotopic (exact) mass is 298 g/mol. The van der Waals surface area contributed by atoms with Crippen LogP contribution in [0.2, 0.25) is 0 Å². The van der Waals surface area contributed by atoms with Crippen molar-refractivity contribution in [3.05, 3.63) is 71.8 Å². The average Bonchev–Trinajstić information content (AvgIpc) is 2.92. The second kappa shape index (κ2) is 5.94. The van der Waals surface area contributed by atoms with E-state index in [1.807, 2.05) is 42.7 Å². The van der Waals surface area contributed by atoms with Gasteiger partial charge >= 0.3 is 5.97 Å². The molecule has 1 aliphatic rings. The largest absolute Gasteiger partial charge is 0.465 e. The second-order valence-electron chi connectivity index (χ2n) is 5.23. The minimum Gasteiger partial charge on any atom is -0.465 e. The first-order chi connectivity index (χ1) is 10.3. The molecule has 1 saturated heterocycles. The first-order valence-corrected chi connectivity index (χ1v) is 8.32. The van der Waals surface area contributed by atoms with Gasteiger partial charge in [0.1, 0.15) is 4.75 Å². The molecule has 108 valence electrons. The summed E-state index contributed by atoms with van der Waals surface area (Å²) in [6.07, 6.45) is 2.76. The number of carbonyl (C=O) groups excluding carboxylic acids is 1. The van der Waals surface area contributed by atoms with Crippen molar-refractivity contribution in [1.29, 1.82) is 0 Å². The molecule has 3 heteroatoms. The Morgan fingerprint density at radius 1 is 1.00 bits per heavy atom. The summed E-state index contributed by atoms with van der Waals surface area (Å²) in [5.41, 5.74) is 2.33. The van der Waals surface area contributed by atoms with Crippen molar-refractivity contribution in [3.8, 4) is 0 Å². The smallest absolute Gasteiger partial charge is 0.323 e. The fourth-order valence-electron chi connectivity index (χ4n) is 3.11. The van der Waals surface area contributed by atoms with Gasteiger partial charge in [-0.15, -0.1) is 11.8 Å². The van der Waals surface area contributed by atoms with Crippen molar-refractivity contribution in [2.24, 2.45) is 0 Å². The standard InChI is InChI=1S/C18H18O2S/c1-21-18(12-13-20-17(18)19)16(14-8-4-2-5-9-14)15-10-6-3-7-11-15/h2-11,16H,12-13H2,1H3. The molecule has 0 spiro atoms. The Morgan fingerprint density at radius 2 is 1.52 bits per heavy atom. The van der Waals surface area contributed by atoms with Crippen molar-refractivity contribution in [2.45, 2.75) is 17.1 Å². The van der Waals surface area contributed by atoms with Crippen LogP contribution < -0.4 is 0 Å². The van der Waals surface area contributed by atoms with Crippen LogP contribution in [0.5, 0.6) is 0 Å². The second-order valence-corrected chi connectivity index (χ2v) is 6.37. The number of rotatable bonds is 4. The molecule has 3 rings (SSSR count). The highest BCUT2D eigenvalue weighted by Crippen LogP contribution is 2.48. The number of esters is 1. The summed E-state index contributed by atoms with van der Waals surface area (Å²) in [5.74, 6) is -0.0717. The molecule has 0 N–H and O–H groups in total. The predicted octanol–water partition coefficient (Wildman–Crippen LogP) is 3.87. The number of benzene rings is 2. The first kappa shape index (κ1) is 14.2. The molecule has 0 amide bonds. The maximum Gasteiger partial charge on any atom is 0.323 e. The molecule has 1 unspecified atom stereocenters. The highest BCUT2D eigenvalue weighted by Gasteiger charge is 2.51. The van der Waals surface area contributed by atoms with Gasteiger partial charge < -0.3 is 4.74 Å². The van der Waals surface area contributed by atoms with E-state index in [0.717, 1.165) is 17.5 Å². The molecule has 1 heterocycles. The molecule has 0 aliphatic carbocycles. The van der Waals surface area contributed by atoms with Crippen LogP contribution in [0.15, 0.2) is 60.7 Å². The van der Waals surface area contributed by atoms with Gasteiger partial charge in [0, 0.05) is 12.3 Å². The van der Waals surface area contributed by atoms with Crippen LogP contribution in [-0.2, 0) is 9.53 Å². The minimum absolute atomic E-state index is 0.0184. The molecule has 0 aromatic heterocycles. The average molecular weight is 298 g/mol. The number of hydrogen-bond acceptors (Lipinski definition) is 3. The third-order valence-corrected chi connectivity index (χ3v) is 5.48. The van der Waals surface area contributed by atoms with Crippen LogP contribution in [0.4, 0.5) is 0 Å². The first-order valence-electron chi connectivity index (χ1n) is 7.10. The number of ether oxygens (including phenoxy) is 1. The van der Waals surface area contributed by atoms with Crippen LogP contribution >= 0.6 is 11.8 Å². The van der Waals surface area contributed by atoms with Crippen LogP contribution in [-0.4, -0.2) is 23.6 Å². The molecule has 2 nitrogen and oxygen atoms in total. The molecule has 2 aromatic rings. The van der Waals surface area contributed by atoms with E-state index in [0.29, 0.717) is 6.61 Å². The van der Waals surface area contributed by atoms with Crippen LogP contribution in [0.1, 0.15) is 23.5 Å². The lowest BCUT2D eigenvalue weighted by atomic mass is 9.79. The third kappa shape index (κ3) is 2.46. The van der Waals surface area contributed by atoms with Gasteiger partial charge in [0.15, 0.2) is 0 Å². The zero-order valence-corrected chi connectivity index (χ0v) is 12.8. The van der Waals surface area contributed by atoms with E-state index in [1.165, 1.54) is 0 Å². The van der Waals surface area contributed by atoms with Gasteiger partial charge in [0.2, 0.25) is 0 Å².